The number of hydrogen-bond acceptors (Lipinski definition) is 2. The molecule has 1 aromatic carbocycles. The molecule has 1 saturated carbocycles. The molecular weight excluding hydrogens is 200 g/mol. The molecule has 3 rings (SSSR count). The second-order valence-corrected chi connectivity index (χ2v) is 4.86. The molecule has 2 atom stereocenters. The van der Waals surface area contributed by atoms with Gasteiger partial charge in [-0.15, -0.1) is 0 Å². The maximum absolute atomic E-state index is 11.8. The lowest BCUT2D eigenvalue weighted by Gasteiger charge is -2.06. The maximum Gasteiger partial charge on any atom is 0.227 e. The van der Waals surface area contributed by atoms with E-state index in [2.05, 4.69) is 23.6 Å². The van der Waals surface area contributed by atoms with Crippen LogP contribution in [0.2, 0.25) is 0 Å². The molecule has 1 amide bonds. The lowest BCUT2D eigenvalue weighted by atomic mass is 10.1. The van der Waals surface area contributed by atoms with E-state index >= 15 is 0 Å². The Morgan fingerprint density at radius 3 is 3.06 bits per heavy atom. The van der Waals surface area contributed by atoms with Crippen molar-refractivity contribution in [1.82, 2.24) is 0 Å². The third-order valence-electron chi connectivity index (χ3n) is 3.53. The standard InChI is InChI=1S/C13H16N2O/c1-8-6-11(8)13(16)15-10-2-3-12-9(7-10)4-5-14-12/h2-3,7-8,11,14H,4-6H2,1H3,(H,15,16). The van der Waals surface area contributed by atoms with Crippen molar-refractivity contribution in [3.05, 3.63) is 23.8 Å². The van der Waals surface area contributed by atoms with Crippen LogP contribution < -0.4 is 10.6 Å². The van der Waals surface area contributed by atoms with Crippen LogP contribution in [0.3, 0.4) is 0 Å². The lowest BCUT2D eigenvalue weighted by molar-refractivity contribution is -0.117. The van der Waals surface area contributed by atoms with Gasteiger partial charge in [-0.25, -0.2) is 0 Å². The fourth-order valence-corrected chi connectivity index (χ4v) is 2.30. The quantitative estimate of drug-likeness (QED) is 0.796. The summed E-state index contributed by atoms with van der Waals surface area (Å²) in [5, 5.41) is 6.31. The zero-order valence-corrected chi connectivity index (χ0v) is 9.42. The van der Waals surface area contributed by atoms with Gasteiger partial charge in [0.15, 0.2) is 0 Å². The summed E-state index contributed by atoms with van der Waals surface area (Å²) in [4.78, 5) is 11.8. The van der Waals surface area contributed by atoms with Gasteiger partial charge < -0.3 is 10.6 Å². The van der Waals surface area contributed by atoms with Crippen LogP contribution in [-0.4, -0.2) is 12.5 Å². The topological polar surface area (TPSA) is 41.1 Å². The molecule has 1 aliphatic carbocycles. The molecule has 2 aliphatic rings. The predicted octanol–water partition coefficient (Wildman–Crippen LogP) is 2.25. The molecular formula is C13H16N2O. The van der Waals surface area contributed by atoms with Gasteiger partial charge in [0, 0.05) is 23.8 Å². The van der Waals surface area contributed by atoms with Gasteiger partial charge in [0.2, 0.25) is 5.91 Å². The Hall–Kier alpha value is -1.51. The number of carbonyl (C=O) groups excluding carboxylic acids is 1. The third-order valence-corrected chi connectivity index (χ3v) is 3.53. The first-order valence-corrected chi connectivity index (χ1v) is 5.92. The fraction of sp³-hybridized carbons (Fsp3) is 0.462. The normalized spacial score (nSPS) is 25.8. The first-order chi connectivity index (χ1) is 7.74. The third kappa shape index (κ3) is 1.66. The van der Waals surface area contributed by atoms with Crippen LogP contribution >= 0.6 is 0 Å². The summed E-state index contributed by atoms with van der Waals surface area (Å²) >= 11 is 0. The summed E-state index contributed by atoms with van der Waals surface area (Å²) in [7, 11) is 0. The molecule has 2 unspecified atom stereocenters. The van der Waals surface area contributed by atoms with Gasteiger partial charge in [-0.3, -0.25) is 4.79 Å². The SMILES string of the molecule is CC1CC1C(=O)Nc1ccc2c(c1)CCN2. The Morgan fingerprint density at radius 2 is 2.31 bits per heavy atom. The number of anilines is 2. The molecule has 0 radical (unpaired) electrons. The van der Waals surface area contributed by atoms with Crippen molar-refractivity contribution in [2.24, 2.45) is 11.8 Å². The Bertz CT molecular complexity index is 442. The smallest absolute Gasteiger partial charge is 0.227 e. The van der Waals surface area contributed by atoms with Crippen LogP contribution in [0.4, 0.5) is 11.4 Å². The summed E-state index contributed by atoms with van der Waals surface area (Å²) in [5.74, 6) is 0.987. The maximum atomic E-state index is 11.8. The molecule has 0 bridgehead atoms. The molecule has 1 heterocycles. The van der Waals surface area contributed by atoms with Crippen LogP contribution in [0.1, 0.15) is 18.9 Å². The van der Waals surface area contributed by atoms with Crippen LogP contribution in [0, 0.1) is 11.8 Å². The van der Waals surface area contributed by atoms with Gasteiger partial charge in [-0.2, -0.15) is 0 Å². The van der Waals surface area contributed by atoms with Gasteiger partial charge in [-0.1, -0.05) is 6.92 Å². The predicted molar refractivity (Wildman–Crippen MR) is 64.5 cm³/mol. The molecule has 2 N–H and O–H groups in total. The Labute approximate surface area is 95.2 Å². The van der Waals surface area contributed by atoms with Crippen molar-refractivity contribution in [2.75, 3.05) is 17.2 Å². The molecule has 0 saturated heterocycles. The van der Waals surface area contributed by atoms with Crippen molar-refractivity contribution < 1.29 is 4.79 Å². The summed E-state index contributed by atoms with van der Waals surface area (Å²) in [6, 6.07) is 6.11. The first kappa shape index (κ1) is 9.70. The lowest BCUT2D eigenvalue weighted by Crippen LogP contribution is -2.14. The Balaban J connectivity index is 1.73. The van der Waals surface area contributed by atoms with E-state index in [0.29, 0.717) is 5.92 Å². The fourth-order valence-electron chi connectivity index (χ4n) is 2.30. The van der Waals surface area contributed by atoms with Gasteiger partial charge in [0.25, 0.3) is 0 Å². The van der Waals surface area contributed by atoms with Crippen LogP contribution in [0.15, 0.2) is 18.2 Å². The summed E-state index contributed by atoms with van der Waals surface area (Å²) in [6.45, 7) is 3.13. The minimum atomic E-state index is 0.179. The van der Waals surface area contributed by atoms with E-state index in [4.69, 9.17) is 0 Å². The summed E-state index contributed by atoms with van der Waals surface area (Å²) in [6.07, 6.45) is 2.09. The van der Waals surface area contributed by atoms with E-state index < -0.39 is 0 Å². The van der Waals surface area contributed by atoms with Gasteiger partial charge in [0.05, 0.1) is 0 Å². The van der Waals surface area contributed by atoms with Crippen molar-refractivity contribution in [3.8, 4) is 0 Å². The highest BCUT2D eigenvalue weighted by Crippen LogP contribution is 2.38. The van der Waals surface area contributed by atoms with Gasteiger partial charge >= 0.3 is 0 Å². The van der Waals surface area contributed by atoms with E-state index in [1.165, 1.54) is 11.3 Å². The molecule has 1 aromatic rings. The number of hydrogen-bond donors (Lipinski definition) is 2. The minimum Gasteiger partial charge on any atom is -0.384 e. The van der Waals surface area contributed by atoms with Gasteiger partial charge in [-0.05, 0) is 42.5 Å². The molecule has 1 aliphatic heterocycles. The van der Waals surface area contributed by atoms with Crippen LogP contribution in [0.5, 0.6) is 0 Å². The number of nitrogens with one attached hydrogen (secondary N) is 2. The van der Waals surface area contributed by atoms with Crippen molar-refractivity contribution >= 4 is 17.3 Å². The highest BCUT2D eigenvalue weighted by molar-refractivity contribution is 5.94. The van der Waals surface area contributed by atoms with Crippen LogP contribution in [-0.2, 0) is 11.2 Å². The number of rotatable bonds is 2. The van der Waals surface area contributed by atoms with Crippen molar-refractivity contribution in [1.29, 1.82) is 0 Å². The van der Waals surface area contributed by atoms with Crippen molar-refractivity contribution in [2.45, 2.75) is 19.8 Å². The molecule has 3 heteroatoms. The highest BCUT2D eigenvalue weighted by atomic mass is 16.2. The first-order valence-electron chi connectivity index (χ1n) is 5.92. The average Bonchev–Trinajstić information content (AvgIpc) is 2.83. The molecule has 84 valence electrons. The Kier molecular flexibility index (Phi) is 2.13. The van der Waals surface area contributed by atoms with E-state index in [1.807, 2.05) is 12.1 Å². The van der Waals surface area contributed by atoms with E-state index in [0.717, 1.165) is 25.1 Å². The van der Waals surface area contributed by atoms with E-state index in [9.17, 15) is 4.79 Å². The zero-order valence-electron chi connectivity index (χ0n) is 9.42. The van der Waals surface area contributed by atoms with Gasteiger partial charge in [0.1, 0.15) is 0 Å². The highest BCUT2D eigenvalue weighted by Gasteiger charge is 2.39. The number of carbonyl (C=O) groups is 1. The largest absolute Gasteiger partial charge is 0.384 e. The number of fused-ring (bicyclic) bond motifs is 1. The molecule has 3 nitrogen and oxygen atoms in total. The summed E-state index contributed by atoms with van der Waals surface area (Å²) in [5.41, 5.74) is 3.45. The zero-order chi connectivity index (χ0) is 11.1. The number of amides is 1. The molecule has 0 aromatic heterocycles. The monoisotopic (exact) mass is 216 g/mol. The van der Waals surface area contributed by atoms with E-state index in [-0.39, 0.29) is 11.8 Å². The number of benzene rings is 1. The second-order valence-electron chi connectivity index (χ2n) is 4.86. The minimum absolute atomic E-state index is 0.179. The molecule has 1 fully saturated rings. The summed E-state index contributed by atoms with van der Waals surface area (Å²) < 4.78 is 0. The Morgan fingerprint density at radius 1 is 1.50 bits per heavy atom. The molecule has 16 heavy (non-hydrogen) atoms. The average molecular weight is 216 g/mol. The molecule has 0 spiro atoms. The second kappa shape index (κ2) is 3.51. The van der Waals surface area contributed by atoms with E-state index in [1.54, 1.807) is 0 Å². The van der Waals surface area contributed by atoms with Crippen LogP contribution in [0.25, 0.3) is 0 Å². The van der Waals surface area contributed by atoms with Crippen molar-refractivity contribution in [3.63, 3.8) is 0 Å².